The van der Waals surface area contributed by atoms with E-state index in [0.29, 0.717) is 5.69 Å². The summed E-state index contributed by atoms with van der Waals surface area (Å²) in [6, 6.07) is 6.71. The molecule has 0 radical (unpaired) electrons. The van der Waals surface area contributed by atoms with Crippen molar-refractivity contribution >= 4 is 23.3 Å². The molecule has 0 aromatic heterocycles. The molecule has 0 fully saturated rings. The van der Waals surface area contributed by atoms with Gasteiger partial charge in [-0.2, -0.15) is 5.10 Å². The van der Waals surface area contributed by atoms with Crippen molar-refractivity contribution in [3.05, 3.63) is 42.5 Å². The van der Waals surface area contributed by atoms with Gasteiger partial charge in [0.2, 0.25) is 5.91 Å². The minimum Gasteiger partial charge on any atom is -0.328 e. The van der Waals surface area contributed by atoms with Crippen LogP contribution in [0.15, 0.2) is 42.0 Å². The van der Waals surface area contributed by atoms with Crippen molar-refractivity contribution in [1.82, 2.24) is 10.7 Å². The van der Waals surface area contributed by atoms with Gasteiger partial charge in [0.1, 0.15) is 0 Å². The van der Waals surface area contributed by atoms with Crippen LogP contribution < -0.4 is 16.1 Å². The Morgan fingerprint density at radius 3 is 2.68 bits per heavy atom. The zero-order valence-corrected chi connectivity index (χ0v) is 10.4. The predicted molar refractivity (Wildman–Crippen MR) is 72.9 cm³/mol. The summed E-state index contributed by atoms with van der Waals surface area (Å²) in [5.41, 5.74) is 4.66. The molecule has 1 heterocycles. The minimum absolute atomic E-state index is 0.164. The summed E-state index contributed by atoms with van der Waals surface area (Å²) in [7, 11) is 0. The molecule has 0 bridgehead atoms. The quantitative estimate of drug-likeness (QED) is 0.712. The number of urea groups is 1. The number of carbonyl (C=O) groups is 2. The highest BCUT2D eigenvalue weighted by Crippen LogP contribution is 2.13. The van der Waals surface area contributed by atoms with Crippen molar-refractivity contribution in [1.29, 1.82) is 0 Å². The third-order valence-corrected chi connectivity index (χ3v) is 2.67. The van der Waals surface area contributed by atoms with Gasteiger partial charge < -0.3 is 10.6 Å². The van der Waals surface area contributed by atoms with E-state index in [2.05, 4.69) is 27.7 Å². The van der Waals surface area contributed by atoms with Crippen LogP contribution in [-0.4, -0.2) is 23.7 Å². The maximum atomic E-state index is 11.1. The highest BCUT2D eigenvalue weighted by Gasteiger charge is 2.19. The molecule has 6 nitrogen and oxygen atoms in total. The summed E-state index contributed by atoms with van der Waals surface area (Å²) < 4.78 is 0. The fourth-order valence-electron chi connectivity index (χ4n) is 1.74. The SMILES string of the molecule is C=CC(=O)Nc1ccc(C2=NNC(=O)NC2C)cc1. The van der Waals surface area contributed by atoms with E-state index in [1.807, 2.05) is 19.1 Å². The van der Waals surface area contributed by atoms with Gasteiger partial charge >= 0.3 is 6.03 Å². The number of carbonyl (C=O) groups excluding carboxylic acids is 2. The van der Waals surface area contributed by atoms with Crippen LogP contribution in [-0.2, 0) is 4.79 Å². The van der Waals surface area contributed by atoms with E-state index < -0.39 is 0 Å². The van der Waals surface area contributed by atoms with Gasteiger partial charge in [-0.05, 0) is 25.1 Å². The van der Waals surface area contributed by atoms with Crippen LogP contribution in [0.25, 0.3) is 0 Å². The highest BCUT2D eigenvalue weighted by atomic mass is 16.2. The van der Waals surface area contributed by atoms with E-state index in [9.17, 15) is 9.59 Å². The first-order valence-electron chi connectivity index (χ1n) is 5.78. The number of nitrogens with one attached hydrogen (secondary N) is 3. The normalized spacial score (nSPS) is 17.8. The van der Waals surface area contributed by atoms with E-state index in [1.165, 1.54) is 6.08 Å². The standard InChI is InChI=1S/C13H14N4O2/c1-3-11(18)15-10-6-4-9(5-7-10)12-8(2)14-13(19)17-16-12/h3-8H,1H2,2H3,(H,15,18)(H2,14,17,19). The topological polar surface area (TPSA) is 82.6 Å². The molecule has 1 aromatic rings. The van der Waals surface area contributed by atoms with Gasteiger partial charge in [-0.1, -0.05) is 18.7 Å². The summed E-state index contributed by atoms with van der Waals surface area (Å²) in [4.78, 5) is 22.2. The Labute approximate surface area is 110 Å². The van der Waals surface area contributed by atoms with E-state index in [0.717, 1.165) is 11.3 Å². The molecule has 3 N–H and O–H groups in total. The van der Waals surface area contributed by atoms with E-state index in [-0.39, 0.29) is 18.0 Å². The summed E-state index contributed by atoms with van der Waals surface area (Å²) in [6.07, 6.45) is 1.21. The van der Waals surface area contributed by atoms with Crippen molar-refractivity contribution in [3.63, 3.8) is 0 Å². The van der Waals surface area contributed by atoms with E-state index >= 15 is 0 Å². The smallest absolute Gasteiger partial charge is 0.328 e. The Bertz CT molecular complexity index is 548. The zero-order chi connectivity index (χ0) is 13.8. The van der Waals surface area contributed by atoms with Crippen molar-refractivity contribution in [2.75, 3.05) is 5.32 Å². The second kappa shape index (κ2) is 5.34. The van der Waals surface area contributed by atoms with Crippen LogP contribution in [0.3, 0.4) is 0 Å². The first-order valence-corrected chi connectivity index (χ1v) is 5.78. The Kier molecular flexibility index (Phi) is 3.61. The average Bonchev–Trinajstić information content (AvgIpc) is 2.40. The maximum Gasteiger partial charge on any atom is 0.335 e. The second-order valence-electron chi connectivity index (χ2n) is 4.07. The van der Waals surface area contributed by atoms with Crippen molar-refractivity contribution < 1.29 is 9.59 Å². The predicted octanol–water partition coefficient (Wildman–Crippen LogP) is 1.22. The molecule has 98 valence electrons. The molecule has 0 saturated carbocycles. The molecular formula is C13H14N4O2. The van der Waals surface area contributed by atoms with Crippen LogP contribution in [0, 0.1) is 0 Å². The number of rotatable bonds is 3. The molecule has 0 spiro atoms. The molecule has 1 aliphatic rings. The van der Waals surface area contributed by atoms with Crippen LogP contribution in [0.4, 0.5) is 10.5 Å². The monoisotopic (exact) mass is 258 g/mol. The third kappa shape index (κ3) is 2.98. The van der Waals surface area contributed by atoms with E-state index in [4.69, 9.17) is 0 Å². The molecule has 1 atom stereocenters. The zero-order valence-electron chi connectivity index (χ0n) is 10.4. The van der Waals surface area contributed by atoms with E-state index in [1.54, 1.807) is 12.1 Å². The largest absolute Gasteiger partial charge is 0.335 e. The Hall–Kier alpha value is -2.63. The molecule has 1 aromatic carbocycles. The van der Waals surface area contributed by atoms with Gasteiger partial charge in [-0.25, -0.2) is 10.2 Å². The minimum atomic E-state index is -0.314. The molecular weight excluding hydrogens is 244 g/mol. The molecule has 6 heteroatoms. The first-order chi connectivity index (χ1) is 9.10. The van der Waals surface area contributed by atoms with Gasteiger partial charge in [-0.3, -0.25) is 4.79 Å². The number of anilines is 1. The average molecular weight is 258 g/mol. The summed E-state index contributed by atoms with van der Waals surface area (Å²) in [5, 5.41) is 9.40. The van der Waals surface area contributed by atoms with Gasteiger partial charge in [0.25, 0.3) is 0 Å². The number of nitrogens with zero attached hydrogens (tertiary/aromatic N) is 1. The summed E-state index contributed by atoms with van der Waals surface area (Å²) in [5.74, 6) is -0.259. The van der Waals surface area contributed by atoms with Gasteiger partial charge in [0, 0.05) is 11.3 Å². The second-order valence-corrected chi connectivity index (χ2v) is 4.07. The lowest BCUT2D eigenvalue weighted by Crippen LogP contribution is -2.48. The van der Waals surface area contributed by atoms with Crippen LogP contribution in [0.2, 0.25) is 0 Å². The number of hydrazone groups is 1. The highest BCUT2D eigenvalue weighted by molar-refractivity contribution is 6.07. The third-order valence-electron chi connectivity index (χ3n) is 2.67. The molecule has 0 aliphatic carbocycles. The summed E-state index contributed by atoms with van der Waals surface area (Å²) >= 11 is 0. The lowest BCUT2D eigenvalue weighted by atomic mass is 10.0. The van der Waals surface area contributed by atoms with Crippen LogP contribution in [0.1, 0.15) is 12.5 Å². The molecule has 3 amide bonds. The lowest BCUT2D eigenvalue weighted by molar-refractivity contribution is -0.111. The van der Waals surface area contributed by atoms with Crippen molar-refractivity contribution in [3.8, 4) is 0 Å². The number of benzene rings is 1. The Morgan fingerprint density at radius 2 is 2.11 bits per heavy atom. The van der Waals surface area contributed by atoms with Crippen molar-refractivity contribution in [2.45, 2.75) is 13.0 Å². The number of amides is 3. The first kappa shape index (κ1) is 12.8. The number of hydrogen-bond acceptors (Lipinski definition) is 3. The molecule has 1 aliphatic heterocycles. The maximum absolute atomic E-state index is 11.1. The van der Waals surface area contributed by atoms with Crippen LogP contribution in [0.5, 0.6) is 0 Å². The summed E-state index contributed by atoms with van der Waals surface area (Å²) in [6.45, 7) is 5.24. The van der Waals surface area contributed by atoms with Gasteiger partial charge in [-0.15, -0.1) is 0 Å². The van der Waals surface area contributed by atoms with Crippen molar-refractivity contribution in [2.24, 2.45) is 5.10 Å². The number of hydrogen-bond donors (Lipinski definition) is 3. The van der Waals surface area contributed by atoms with Crippen LogP contribution >= 0.6 is 0 Å². The Balaban J connectivity index is 2.16. The fourth-order valence-corrected chi connectivity index (χ4v) is 1.74. The van der Waals surface area contributed by atoms with Gasteiger partial charge in [0.05, 0.1) is 11.8 Å². The Morgan fingerprint density at radius 1 is 1.42 bits per heavy atom. The van der Waals surface area contributed by atoms with Gasteiger partial charge in [0.15, 0.2) is 0 Å². The molecule has 2 rings (SSSR count). The lowest BCUT2D eigenvalue weighted by Gasteiger charge is -2.21. The molecule has 19 heavy (non-hydrogen) atoms. The molecule has 1 unspecified atom stereocenters. The molecule has 0 saturated heterocycles. The fraction of sp³-hybridized carbons (Fsp3) is 0.154.